The van der Waals surface area contributed by atoms with E-state index in [1.165, 1.54) is 0 Å². The summed E-state index contributed by atoms with van der Waals surface area (Å²) in [5.74, 6) is -0.667. The zero-order chi connectivity index (χ0) is 20.2. The van der Waals surface area contributed by atoms with E-state index < -0.39 is 5.97 Å². The molecule has 7 nitrogen and oxygen atoms in total. The number of hydrogen-bond donors (Lipinski definition) is 1. The molecule has 1 saturated heterocycles. The SMILES string of the molecule is O=C(OCC(=O)N1CCOCC1)c1cc(-c2ccc(O)cc2)nc2ccccc12. The predicted octanol–water partition coefficient (Wildman–Crippen LogP) is 2.62. The zero-order valence-corrected chi connectivity index (χ0v) is 15.7. The zero-order valence-electron chi connectivity index (χ0n) is 15.7. The van der Waals surface area contributed by atoms with Crippen LogP contribution in [0.1, 0.15) is 10.4 Å². The number of fused-ring (bicyclic) bond motifs is 1. The lowest BCUT2D eigenvalue weighted by molar-refractivity contribution is -0.138. The first-order valence-corrected chi connectivity index (χ1v) is 9.33. The third-order valence-electron chi connectivity index (χ3n) is 4.79. The van der Waals surface area contributed by atoms with Crippen LogP contribution in [0.2, 0.25) is 0 Å². The summed E-state index contributed by atoms with van der Waals surface area (Å²) in [6, 6.07) is 15.5. The molecule has 7 heteroatoms. The molecular formula is C22H20N2O5. The summed E-state index contributed by atoms with van der Waals surface area (Å²) in [6.07, 6.45) is 0. The van der Waals surface area contributed by atoms with E-state index in [1.54, 1.807) is 41.3 Å². The van der Waals surface area contributed by atoms with Gasteiger partial charge >= 0.3 is 5.97 Å². The van der Waals surface area contributed by atoms with E-state index in [9.17, 15) is 14.7 Å². The van der Waals surface area contributed by atoms with Gasteiger partial charge in [0.1, 0.15) is 5.75 Å². The lowest BCUT2D eigenvalue weighted by atomic mass is 10.0. The fourth-order valence-corrected chi connectivity index (χ4v) is 3.23. The Morgan fingerprint density at radius 3 is 2.55 bits per heavy atom. The molecule has 1 N–H and O–H groups in total. The number of para-hydroxylation sites is 1. The molecule has 3 aromatic rings. The summed E-state index contributed by atoms with van der Waals surface area (Å²) in [4.78, 5) is 31.3. The molecule has 1 fully saturated rings. The average Bonchev–Trinajstić information content (AvgIpc) is 2.77. The van der Waals surface area contributed by atoms with E-state index in [0.29, 0.717) is 48.5 Å². The number of amides is 1. The van der Waals surface area contributed by atoms with Crippen molar-refractivity contribution in [1.29, 1.82) is 0 Å². The van der Waals surface area contributed by atoms with Crippen LogP contribution in [0.4, 0.5) is 0 Å². The minimum absolute atomic E-state index is 0.149. The topological polar surface area (TPSA) is 89.0 Å². The molecular weight excluding hydrogens is 372 g/mol. The van der Waals surface area contributed by atoms with E-state index in [0.717, 1.165) is 5.56 Å². The third-order valence-corrected chi connectivity index (χ3v) is 4.79. The predicted molar refractivity (Wildman–Crippen MR) is 107 cm³/mol. The third kappa shape index (κ3) is 4.20. The normalized spacial score (nSPS) is 14.0. The van der Waals surface area contributed by atoms with E-state index in [-0.39, 0.29) is 18.3 Å². The van der Waals surface area contributed by atoms with Crippen molar-refractivity contribution >= 4 is 22.8 Å². The van der Waals surface area contributed by atoms with Crippen molar-refractivity contribution in [2.45, 2.75) is 0 Å². The van der Waals surface area contributed by atoms with Crippen molar-refractivity contribution in [3.8, 4) is 17.0 Å². The minimum Gasteiger partial charge on any atom is -0.508 e. The number of aromatic hydroxyl groups is 1. The second kappa shape index (κ2) is 8.28. The summed E-state index contributed by atoms with van der Waals surface area (Å²) in [7, 11) is 0. The van der Waals surface area contributed by atoms with E-state index in [2.05, 4.69) is 4.98 Å². The Hall–Kier alpha value is -3.45. The second-order valence-corrected chi connectivity index (χ2v) is 6.69. The van der Waals surface area contributed by atoms with Crippen LogP contribution < -0.4 is 0 Å². The molecule has 1 amide bonds. The number of phenols is 1. The molecule has 1 aliphatic heterocycles. The van der Waals surface area contributed by atoms with Crippen LogP contribution in [0, 0.1) is 0 Å². The molecule has 0 radical (unpaired) electrons. The van der Waals surface area contributed by atoms with Crippen LogP contribution in [-0.4, -0.2) is 59.8 Å². The number of ether oxygens (including phenoxy) is 2. The van der Waals surface area contributed by atoms with Crippen molar-refractivity contribution in [2.24, 2.45) is 0 Å². The summed E-state index contributed by atoms with van der Waals surface area (Å²) in [6.45, 7) is 1.67. The molecule has 0 bridgehead atoms. The first-order valence-electron chi connectivity index (χ1n) is 9.33. The van der Waals surface area contributed by atoms with Gasteiger partial charge in [0.15, 0.2) is 6.61 Å². The number of esters is 1. The maximum atomic E-state index is 12.8. The van der Waals surface area contributed by atoms with Crippen LogP contribution >= 0.6 is 0 Å². The van der Waals surface area contributed by atoms with Gasteiger partial charge in [-0.3, -0.25) is 4.79 Å². The molecule has 29 heavy (non-hydrogen) atoms. The Morgan fingerprint density at radius 1 is 1.07 bits per heavy atom. The maximum absolute atomic E-state index is 12.8. The number of nitrogens with zero attached hydrogens (tertiary/aromatic N) is 2. The van der Waals surface area contributed by atoms with Crippen molar-refractivity contribution < 1.29 is 24.2 Å². The number of morpholine rings is 1. The van der Waals surface area contributed by atoms with E-state index in [4.69, 9.17) is 9.47 Å². The van der Waals surface area contributed by atoms with Crippen molar-refractivity contribution in [1.82, 2.24) is 9.88 Å². The number of rotatable bonds is 4. The van der Waals surface area contributed by atoms with E-state index >= 15 is 0 Å². The second-order valence-electron chi connectivity index (χ2n) is 6.69. The average molecular weight is 392 g/mol. The highest BCUT2D eigenvalue weighted by molar-refractivity contribution is 6.05. The number of hydrogen-bond acceptors (Lipinski definition) is 6. The molecule has 1 aliphatic rings. The first-order chi connectivity index (χ1) is 14.1. The molecule has 1 aromatic heterocycles. The highest BCUT2D eigenvalue weighted by Gasteiger charge is 2.20. The van der Waals surface area contributed by atoms with Gasteiger partial charge < -0.3 is 19.5 Å². The molecule has 148 valence electrons. The Bertz CT molecular complexity index is 1040. The van der Waals surface area contributed by atoms with Gasteiger partial charge in [-0.25, -0.2) is 9.78 Å². The lowest BCUT2D eigenvalue weighted by Gasteiger charge is -2.26. The maximum Gasteiger partial charge on any atom is 0.339 e. The smallest absolute Gasteiger partial charge is 0.339 e. The fraction of sp³-hybridized carbons (Fsp3) is 0.227. The highest BCUT2D eigenvalue weighted by atomic mass is 16.5. The van der Waals surface area contributed by atoms with Gasteiger partial charge in [-0.1, -0.05) is 18.2 Å². The number of carbonyl (C=O) groups excluding carboxylic acids is 2. The van der Waals surface area contributed by atoms with Crippen LogP contribution in [0.15, 0.2) is 54.6 Å². The molecule has 0 spiro atoms. The number of phenolic OH excluding ortho intramolecular Hbond substituents is 1. The Kier molecular flexibility index (Phi) is 5.39. The quantitative estimate of drug-likeness (QED) is 0.687. The van der Waals surface area contributed by atoms with Gasteiger partial charge in [0.25, 0.3) is 5.91 Å². The van der Waals surface area contributed by atoms with Crippen LogP contribution in [0.5, 0.6) is 5.75 Å². The summed E-state index contributed by atoms with van der Waals surface area (Å²) >= 11 is 0. The van der Waals surface area contributed by atoms with Gasteiger partial charge in [0, 0.05) is 24.0 Å². The number of pyridine rings is 1. The van der Waals surface area contributed by atoms with Gasteiger partial charge in [0.2, 0.25) is 0 Å². The first kappa shape index (κ1) is 18.9. The van der Waals surface area contributed by atoms with Gasteiger partial charge in [-0.15, -0.1) is 0 Å². The van der Waals surface area contributed by atoms with Gasteiger partial charge in [-0.05, 0) is 36.4 Å². The highest BCUT2D eigenvalue weighted by Crippen LogP contribution is 2.26. The summed E-state index contributed by atoms with van der Waals surface area (Å²) < 4.78 is 10.6. The van der Waals surface area contributed by atoms with Crippen molar-refractivity contribution in [3.63, 3.8) is 0 Å². The Labute approximate surface area is 167 Å². The molecule has 0 atom stereocenters. The minimum atomic E-state index is -0.578. The molecule has 0 aliphatic carbocycles. The van der Waals surface area contributed by atoms with Crippen LogP contribution in [0.25, 0.3) is 22.2 Å². The number of benzene rings is 2. The van der Waals surface area contributed by atoms with Crippen LogP contribution in [0.3, 0.4) is 0 Å². The molecule has 2 aromatic carbocycles. The van der Waals surface area contributed by atoms with Crippen LogP contribution in [-0.2, 0) is 14.3 Å². The monoisotopic (exact) mass is 392 g/mol. The Balaban J connectivity index is 1.60. The fourth-order valence-electron chi connectivity index (χ4n) is 3.23. The van der Waals surface area contributed by atoms with E-state index in [1.807, 2.05) is 18.2 Å². The number of carbonyl (C=O) groups is 2. The summed E-state index contributed by atoms with van der Waals surface area (Å²) in [5, 5.41) is 10.2. The Morgan fingerprint density at radius 2 is 1.79 bits per heavy atom. The lowest BCUT2D eigenvalue weighted by Crippen LogP contribution is -2.42. The standard InChI is InChI=1S/C22H20N2O5/c25-16-7-5-15(6-8-16)20-13-18(17-3-1-2-4-19(17)23-20)22(27)29-14-21(26)24-9-11-28-12-10-24/h1-8,13,25H,9-12,14H2. The van der Waals surface area contributed by atoms with Crippen molar-refractivity contribution in [3.05, 3.63) is 60.2 Å². The molecule has 0 saturated carbocycles. The summed E-state index contributed by atoms with van der Waals surface area (Å²) in [5.41, 5.74) is 2.32. The molecule has 0 unspecified atom stereocenters. The largest absolute Gasteiger partial charge is 0.508 e. The molecule has 4 rings (SSSR count). The van der Waals surface area contributed by atoms with Gasteiger partial charge in [0.05, 0.1) is 30.0 Å². The molecule has 2 heterocycles. The number of aromatic nitrogens is 1. The van der Waals surface area contributed by atoms with Crippen molar-refractivity contribution in [2.75, 3.05) is 32.9 Å². The van der Waals surface area contributed by atoms with Gasteiger partial charge in [-0.2, -0.15) is 0 Å².